The normalized spacial score (nSPS) is 14.4. The van der Waals surface area contributed by atoms with Crippen LogP contribution in [0, 0.1) is 12.7 Å². The molecule has 0 bridgehead atoms. The number of nitrogens with one attached hydrogen (secondary N) is 1. The second-order valence-corrected chi connectivity index (χ2v) is 5.71. The van der Waals surface area contributed by atoms with Crippen molar-refractivity contribution < 1.29 is 9.18 Å². The highest BCUT2D eigenvalue weighted by Gasteiger charge is 2.29. The summed E-state index contributed by atoms with van der Waals surface area (Å²) >= 11 is 1.42. The Bertz CT molecular complexity index is 634. The fourth-order valence-corrected chi connectivity index (χ4v) is 3.01. The first-order chi connectivity index (χ1) is 9.15. The molecular weight excluding hydrogens is 263 g/mol. The fourth-order valence-electron chi connectivity index (χ4n) is 1.87. The van der Waals surface area contributed by atoms with Crippen LogP contribution in [0.1, 0.15) is 39.1 Å². The summed E-state index contributed by atoms with van der Waals surface area (Å²) < 4.78 is 13.5. The van der Waals surface area contributed by atoms with Crippen LogP contribution in [0.3, 0.4) is 0 Å². The van der Waals surface area contributed by atoms with Gasteiger partial charge in [0.05, 0.1) is 16.4 Å². The number of para-hydroxylation sites is 1. The lowest BCUT2D eigenvalue weighted by molar-refractivity contribution is 0.102. The van der Waals surface area contributed by atoms with Gasteiger partial charge in [0.1, 0.15) is 10.7 Å². The lowest BCUT2D eigenvalue weighted by Crippen LogP contribution is -2.12. The number of halogens is 1. The number of benzene rings is 1. The fraction of sp³-hybridized carbons (Fsp3) is 0.286. The van der Waals surface area contributed by atoms with Gasteiger partial charge in [-0.2, -0.15) is 0 Å². The van der Waals surface area contributed by atoms with Gasteiger partial charge in [0.15, 0.2) is 0 Å². The van der Waals surface area contributed by atoms with E-state index in [-0.39, 0.29) is 11.6 Å². The number of rotatable bonds is 3. The molecule has 0 radical (unpaired) electrons. The summed E-state index contributed by atoms with van der Waals surface area (Å²) in [5.41, 5.74) is 0.925. The molecule has 19 heavy (non-hydrogen) atoms. The van der Waals surface area contributed by atoms with Gasteiger partial charge in [0, 0.05) is 5.92 Å². The molecule has 0 spiro atoms. The second kappa shape index (κ2) is 4.74. The van der Waals surface area contributed by atoms with E-state index in [1.54, 1.807) is 18.2 Å². The Balaban J connectivity index is 1.82. The van der Waals surface area contributed by atoms with Crippen molar-refractivity contribution in [3.8, 4) is 0 Å². The molecule has 98 valence electrons. The summed E-state index contributed by atoms with van der Waals surface area (Å²) in [4.78, 5) is 17.1. The molecule has 1 amide bonds. The van der Waals surface area contributed by atoms with Crippen LogP contribution in [0.4, 0.5) is 10.1 Å². The third-order valence-corrected chi connectivity index (χ3v) is 4.39. The van der Waals surface area contributed by atoms with E-state index in [0.29, 0.717) is 10.8 Å². The number of hydrogen-bond donors (Lipinski definition) is 1. The van der Waals surface area contributed by atoms with Gasteiger partial charge >= 0.3 is 0 Å². The molecule has 0 aliphatic heterocycles. The molecule has 0 saturated heterocycles. The third kappa shape index (κ3) is 2.51. The molecule has 1 aromatic carbocycles. The summed E-state index contributed by atoms with van der Waals surface area (Å²) in [6.45, 7) is 1.82. The number of thiazole rings is 1. The Labute approximate surface area is 114 Å². The van der Waals surface area contributed by atoms with Gasteiger partial charge in [-0.15, -0.1) is 11.3 Å². The number of aryl methyl sites for hydroxylation is 1. The highest BCUT2D eigenvalue weighted by atomic mass is 32.1. The van der Waals surface area contributed by atoms with Gasteiger partial charge in [-0.3, -0.25) is 4.79 Å². The second-order valence-electron chi connectivity index (χ2n) is 4.67. The molecule has 0 atom stereocenters. The maximum atomic E-state index is 13.5. The maximum absolute atomic E-state index is 13.5. The molecule has 1 N–H and O–H groups in total. The molecule has 1 saturated carbocycles. The van der Waals surface area contributed by atoms with Crippen LogP contribution >= 0.6 is 11.3 Å². The average Bonchev–Trinajstić information content (AvgIpc) is 3.16. The molecule has 1 aromatic heterocycles. The van der Waals surface area contributed by atoms with Crippen molar-refractivity contribution in [2.75, 3.05) is 5.32 Å². The predicted octanol–water partition coefficient (Wildman–Crippen LogP) is 3.72. The van der Waals surface area contributed by atoms with E-state index in [4.69, 9.17) is 0 Å². The van der Waals surface area contributed by atoms with E-state index in [1.807, 2.05) is 6.92 Å². The maximum Gasteiger partial charge on any atom is 0.267 e. The van der Waals surface area contributed by atoms with Crippen LogP contribution in [0.2, 0.25) is 0 Å². The van der Waals surface area contributed by atoms with Crippen molar-refractivity contribution in [1.29, 1.82) is 0 Å². The SMILES string of the molecule is Cc1nc(C2CC2)sc1C(=O)Nc1ccccc1F. The van der Waals surface area contributed by atoms with Crippen LogP contribution in [-0.4, -0.2) is 10.9 Å². The van der Waals surface area contributed by atoms with Crippen molar-refractivity contribution >= 4 is 22.9 Å². The molecule has 2 aromatic rings. The van der Waals surface area contributed by atoms with Crippen molar-refractivity contribution in [1.82, 2.24) is 4.98 Å². The number of anilines is 1. The first kappa shape index (κ1) is 12.3. The minimum absolute atomic E-state index is 0.202. The lowest BCUT2D eigenvalue weighted by atomic mass is 10.3. The Hall–Kier alpha value is -1.75. The quantitative estimate of drug-likeness (QED) is 0.928. The van der Waals surface area contributed by atoms with Gasteiger partial charge in [-0.1, -0.05) is 12.1 Å². The van der Waals surface area contributed by atoms with E-state index in [0.717, 1.165) is 23.5 Å². The summed E-state index contributed by atoms with van der Waals surface area (Å²) in [6, 6.07) is 6.15. The first-order valence-corrected chi connectivity index (χ1v) is 7.00. The zero-order chi connectivity index (χ0) is 13.4. The van der Waals surface area contributed by atoms with E-state index in [9.17, 15) is 9.18 Å². The highest BCUT2D eigenvalue weighted by molar-refractivity contribution is 7.14. The van der Waals surface area contributed by atoms with Gasteiger partial charge in [-0.05, 0) is 31.9 Å². The largest absolute Gasteiger partial charge is 0.319 e. The third-order valence-electron chi connectivity index (χ3n) is 3.07. The van der Waals surface area contributed by atoms with E-state index < -0.39 is 5.82 Å². The Morgan fingerprint density at radius 2 is 2.16 bits per heavy atom. The standard InChI is InChI=1S/C14H13FN2OS/c1-8-12(19-14(16-8)9-6-7-9)13(18)17-11-5-3-2-4-10(11)15/h2-5,9H,6-7H2,1H3,(H,17,18). The predicted molar refractivity (Wildman–Crippen MR) is 73.2 cm³/mol. The van der Waals surface area contributed by atoms with Gasteiger partial charge in [0.25, 0.3) is 5.91 Å². The van der Waals surface area contributed by atoms with Crippen LogP contribution in [0.15, 0.2) is 24.3 Å². The number of amides is 1. The number of nitrogens with zero attached hydrogens (tertiary/aromatic N) is 1. The number of aromatic nitrogens is 1. The van der Waals surface area contributed by atoms with Crippen molar-refractivity contribution in [2.24, 2.45) is 0 Å². The molecule has 1 aliphatic rings. The first-order valence-electron chi connectivity index (χ1n) is 6.18. The monoisotopic (exact) mass is 276 g/mol. The lowest BCUT2D eigenvalue weighted by Gasteiger charge is -2.04. The van der Waals surface area contributed by atoms with Crippen LogP contribution in [0.5, 0.6) is 0 Å². The van der Waals surface area contributed by atoms with Crippen LogP contribution in [-0.2, 0) is 0 Å². The minimum atomic E-state index is -0.430. The van der Waals surface area contributed by atoms with Crippen molar-refractivity contribution in [3.05, 3.63) is 45.7 Å². The molecule has 3 rings (SSSR count). The molecule has 1 heterocycles. The summed E-state index contributed by atoms with van der Waals surface area (Å²) in [7, 11) is 0. The van der Waals surface area contributed by atoms with Gasteiger partial charge in [0.2, 0.25) is 0 Å². The number of carbonyl (C=O) groups is 1. The summed E-state index contributed by atoms with van der Waals surface area (Å²) in [5.74, 6) is -0.189. The van der Waals surface area contributed by atoms with Crippen LogP contribution < -0.4 is 5.32 Å². The van der Waals surface area contributed by atoms with E-state index in [1.165, 1.54) is 17.4 Å². The van der Waals surface area contributed by atoms with Crippen molar-refractivity contribution in [2.45, 2.75) is 25.7 Å². The Morgan fingerprint density at radius 1 is 1.42 bits per heavy atom. The van der Waals surface area contributed by atoms with E-state index >= 15 is 0 Å². The molecule has 1 fully saturated rings. The molecule has 1 aliphatic carbocycles. The Morgan fingerprint density at radius 3 is 2.84 bits per heavy atom. The number of carbonyl (C=O) groups excluding carboxylic acids is 1. The molecular formula is C14H13FN2OS. The Kier molecular flexibility index (Phi) is 3.06. The zero-order valence-electron chi connectivity index (χ0n) is 10.4. The minimum Gasteiger partial charge on any atom is -0.319 e. The molecule has 0 unspecified atom stereocenters. The highest BCUT2D eigenvalue weighted by Crippen LogP contribution is 2.42. The summed E-state index contributed by atoms with van der Waals surface area (Å²) in [6.07, 6.45) is 2.31. The van der Waals surface area contributed by atoms with E-state index in [2.05, 4.69) is 10.3 Å². The smallest absolute Gasteiger partial charge is 0.267 e. The van der Waals surface area contributed by atoms with Crippen LogP contribution in [0.25, 0.3) is 0 Å². The summed E-state index contributed by atoms with van der Waals surface area (Å²) in [5, 5.41) is 3.62. The average molecular weight is 276 g/mol. The van der Waals surface area contributed by atoms with Gasteiger partial charge in [-0.25, -0.2) is 9.37 Å². The number of hydrogen-bond acceptors (Lipinski definition) is 3. The molecule has 5 heteroatoms. The van der Waals surface area contributed by atoms with Gasteiger partial charge < -0.3 is 5.32 Å². The van der Waals surface area contributed by atoms with Crippen molar-refractivity contribution in [3.63, 3.8) is 0 Å². The topological polar surface area (TPSA) is 42.0 Å². The molecule has 3 nitrogen and oxygen atoms in total. The zero-order valence-corrected chi connectivity index (χ0v) is 11.3.